The Hall–Kier alpha value is -1.68. The summed E-state index contributed by atoms with van der Waals surface area (Å²) in [5.74, 6) is 0.881. The van der Waals surface area contributed by atoms with Gasteiger partial charge in [-0.05, 0) is 29.6 Å². The molecule has 3 aromatic rings. The van der Waals surface area contributed by atoms with Gasteiger partial charge in [0.05, 0.1) is 5.75 Å². The number of amides is 1. The van der Waals surface area contributed by atoms with E-state index in [0.29, 0.717) is 16.9 Å². The molecule has 0 unspecified atom stereocenters. The molecule has 1 aliphatic rings. The number of piperazine rings is 1. The van der Waals surface area contributed by atoms with Gasteiger partial charge in [0.2, 0.25) is 11.8 Å². The number of halogens is 1. The molecule has 1 amide bonds. The second-order valence-electron chi connectivity index (χ2n) is 6.41. The van der Waals surface area contributed by atoms with Gasteiger partial charge in [-0.25, -0.2) is 0 Å². The normalized spacial score (nSPS) is 15.1. The molecule has 0 spiro atoms. The Bertz CT molecular complexity index is 924. The molecular formula is C19H19BrN4O2S2. The van der Waals surface area contributed by atoms with Crippen molar-refractivity contribution in [2.75, 3.05) is 31.9 Å². The van der Waals surface area contributed by atoms with Gasteiger partial charge >= 0.3 is 0 Å². The predicted molar refractivity (Wildman–Crippen MR) is 114 cm³/mol. The fraction of sp³-hybridized carbons (Fsp3) is 0.316. The molecular weight excluding hydrogens is 460 g/mol. The number of hydrogen-bond donors (Lipinski definition) is 0. The molecule has 0 atom stereocenters. The van der Waals surface area contributed by atoms with Crippen LogP contribution >= 0.6 is 39.0 Å². The zero-order valence-electron chi connectivity index (χ0n) is 15.1. The van der Waals surface area contributed by atoms with Gasteiger partial charge in [-0.3, -0.25) is 9.69 Å². The Labute approximate surface area is 180 Å². The average Bonchev–Trinajstić information content (AvgIpc) is 3.39. The van der Waals surface area contributed by atoms with Gasteiger partial charge in [0, 0.05) is 47.6 Å². The number of rotatable bonds is 6. The summed E-state index contributed by atoms with van der Waals surface area (Å²) < 4.78 is 6.63. The van der Waals surface area contributed by atoms with Crippen molar-refractivity contribution >= 4 is 44.9 Å². The molecule has 1 aliphatic heterocycles. The van der Waals surface area contributed by atoms with Crippen molar-refractivity contribution in [2.24, 2.45) is 0 Å². The van der Waals surface area contributed by atoms with E-state index in [-0.39, 0.29) is 5.91 Å². The molecule has 0 aliphatic carbocycles. The summed E-state index contributed by atoms with van der Waals surface area (Å²) >= 11 is 6.50. The second kappa shape index (κ2) is 9.21. The Morgan fingerprint density at radius 3 is 2.79 bits per heavy atom. The first-order chi connectivity index (χ1) is 13.7. The van der Waals surface area contributed by atoms with Crippen molar-refractivity contribution in [3.05, 3.63) is 51.1 Å². The molecule has 0 bridgehead atoms. The fourth-order valence-corrected chi connectivity index (χ4v) is 4.81. The smallest absolute Gasteiger partial charge is 0.277 e. The van der Waals surface area contributed by atoms with E-state index in [1.165, 1.54) is 16.6 Å². The molecule has 9 heteroatoms. The van der Waals surface area contributed by atoms with Crippen LogP contribution in [0.2, 0.25) is 0 Å². The van der Waals surface area contributed by atoms with Crippen molar-refractivity contribution in [3.63, 3.8) is 0 Å². The molecule has 0 radical (unpaired) electrons. The highest BCUT2D eigenvalue weighted by molar-refractivity contribution is 9.10. The summed E-state index contributed by atoms with van der Waals surface area (Å²) in [4.78, 5) is 18.2. The fourth-order valence-electron chi connectivity index (χ4n) is 3.00. The minimum Gasteiger partial charge on any atom is -0.411 e. The van der Waals surface area contributed by atoms with Crippen molar-refractivity contribution in [2.45, 2.75) is 11.8 Å². The maximum atomic E-state index is 12.5. The number of thioether (sulfide) groups is 1. The molecule has 0 N–H and O–H groups in total. The highest BCUT2D eigenvalue weighted by Crippen LogP contribution is 2.25. The van der Waals surface area contributed by atoms with Gasteiger partial charge in [-0.15, -0.1) is 21.5 Å². The van der Waals surface area contributed by atoms with Crippen molar-refractivity contribution in [3.8, 4) is 11.5 Å². The molecule has 2 aromatic heterocycles. The SMILES string of the molecule is O=C(CSc1nnc(-c2cccc(Br)c2)o1)N1CCN(Cc2cccs2)CC1. The first-order valence-corrected chi connectivity index (χ1v) is 11.6. The molecule has 6 nitrogen and oxygen atoms in total. The molecule has 146 valence electrons. The Kier molecular flexibility index (Phi) is 6.46. The lowest BCUT2D eigenvalue weighted by molar-refractivity contribution is -0.130. The Balaban J connectivity index is 1.25. The van der Waals surface area contributed by atoms with E-state index in [1.54, 1.807) is 11.3 Å². The Morgan fingerprint density at radius 1 is 1.18 bits per heavy atom. The summed E-state index contributed by atoms with van der Waals surface area (Å²) in [6.07, 6.45) is 0. The third kappa shape index (κ3) is 5.02. The number of carbonyl (C=O) groups is 1. The first-order valence-electron chi connectivity index (χ1n) is 8.92. The number of nitrogens with zero attached hydrogens (tertiary/aromatic N) is 4. The van der Waals surface area contributed by atoms with Crippen molar-refractivity contribution in [1.29, 1.82) is 0 Å². The zero-order chi connectivity index (χ0) is 19.3. The highest BCUT2D eigenvalue weighted by atomic mass is 79.9. The van der Waals surface area contributed by atoms with Crippen LogP contribution in [0.25, 0.3) is 11.5 Å². The largest absolute Gasteiger partial charge is 0.411 e. The number of benzene rings is 1. The van der Waals surface area contributed by atoms with Gasteiger partial charge in [-0.1, -0.05) is 39.8 Å². The topological polar surface area (TPSA) is 62.5 Å². The van der Waals surface area contributed by atoms with E-state index in [0.717, 1.165) is 42.8 Å². The van der Waals surface area contributed by atoms with E-state index >= 15 is 0 Å². The molecule has 4 rings (SSSR count). The molecule has 3 heterocycles. The summed E-state index contributed by atoms with van der Waals surface area (Å²) in [5, 5.41) is 10.6. The third-order valence-electron chi connectivity index (χ3n) is 4.48. The predicted octanol–water partition coefficient (Wildman–Crippen LogP) is 4.00. The van der Waals surface area contributed by atoms with Crippen LogP contribution in [-0.2, 0) is 11.3 Å². The second-order valence-corrected chi connectivity index (χ2v) is 9.28. The number of aromatic nitrogens is 2. The maximum absolute atomic E-state index is 12.5. The zero-order valence-corrected chi connectivity index (χ0v) is 18.3. The summed E-state index contributed by atoms with van der Waals surface area (Å²) in [5.41, 5.74) is 0.849. The number of carbonyl (C=O) groups excluding carboxylic acids is 1. The average molecular weight is 479 g/mol. The van der Waals surface area contributed by atoms with Crippen molar-refractivity contribution in [1.82, 2.24) is 20.0 Å². The minimum absolute atomic E-state index is 0.114. The van der Waals surface area contributed by atoms with Crippen LogP contribution < -0.4 is 0 Å². The van der Waals surface area contributed by atoms with Gasteiger partial charge in [0.25, 0.3) is 5.22 Å². The third-order valence-corrected chi connectivity index (χ3v) is 6.64. The van der Waals surface area contributed by atoms with E-state index in [9.17, 15) is 4.79 Å². The van der Waals surface area contributed by atoms with Crippen molar-refractivity contribution < 1.29 is 9.21 Å². The van der Waals surface area contributed by atoms with Crippen LogP contribution in [0.5, 0.6) is 0 Å². The number of hydrogen-bond acceptors (Lipinski definition) is 7. The van der Waals surface area contributed by atoms with Crippen LogP contribution in [0, 0.1) is 0 Å². The van der Waals surface area contributed by atoms with Crippen LogP contribution in [0.15, 0.2) is 55.9 Å². The molecule has 1 fully saturated rings. The lowest BCUT2D eigenvalue weighted by Crippen LogP contribution is -2.48. The van der Waals surface area contributed by atoms with Crippen LogP contribution in [0.3, 0.4) is 0 Å². The van der Waals surface area contributed by atoms with E-state index in [4.69, 9.17) is 4.42 Å². The minimum atomic E-state index is 0.114. The summed E-state index contributed by atoms with van der Waals surface area (Å²) in [6.45, 7) is 4.30. The summed E-state index contributed by atoms with van der Waals surface area (Å²) in [6, 6.07) is 11.9. The first kappa shape index (κ1) is 19.6. The standard InChI is InChI=1S/C19H19BrN4O2S2/c20-15-4-1-3-14(11-15)18-21-22-19(26-18)28-13-17(25)24-8-6-23(7-9-24)12-16-5-2-10-27-16/h1-5,10-11H,6-9,12-13H2. The van der Waals surface area contributed by atoms with Gasteiger partial charge in [0.1, 0.15) is 0 Å². The van der Waals surface area contributed by atoms with E-state index in [1.807, 2.05) is 29.2 Å². The summed E-state index contributed by atoms with van der Waals surface area (Å²) in [7, 11) is 0. The Morgan fingerprint density at radius 2 is 2.04 bits per heavy atom. The van der Waals surface area contributed by atoms with E-state index in [2.05, 4.69) is 48.5 Å². The van der Waals surface area contributed by atoms with Gasteiger partial charge in [0.15, 0.2) is 0 Å². The highest BCUT2D eigenvalue weighted by Gasteiger charge is 2.22. The quantitative estimate of drug-likeness (QED) is 0.499. The van der Waals surface area contributed by atoms with E-state index < -0.39 is 0 Å². The van der Waals surface area contributed by atoms with Crippen LogP contribution in [0.1, 0.15) is 4.88 Å². The molecule has 28 heavy (non-hydrogen) atoms. The molecule has 1 saturated heterocycles. The van der Waals surface area contributed by atoms with Crippen LogP contribution in [-0.4, -0.2) is 57.8 Å². The lowest BCUT2D eigenvalue weighted by atomic mass is 10.2. The monoisotopic (exact) mass is 478 g/mol. The number of thiophene rings is 1. The molecule has 0 saturated carbocycles. The maximum Gasteiger partial charge on any atom is 0.277 e. The van der Waals surface area contributed by atoms with Gasteiger partial charge < -0.3 is 9.32 Å². The van der Waals surface area contributed by atoms with Gasteiger partial charge in [-0.2, -0.15) is 0 Å². The lowest BCUT2D eigenvalue weighted by Gasteiger charge is -2.34. The van der Waals surface area contributed by atoms with Crippen LogP contribution in [0.4, 0.5) is 0 Å². The molecule has 1 aromatic carbocycles.